The third-order valence-corrected chi connectivity index (χ3v) is 7.91. The van der Waals surface area contributed by atoms with Crippen molar-refractivity contribution >= 4 is 24.0 Å². The minimum atomic E-state index is -0.599. The van der Waals surface area contributed by atoms with Crippen molar-refractivity contribution in [1.82, 2.24) is 15.1 Å². The lowest BCUT2D eigenvalue weighted by molar-refractivity contribution is -0.126. The fourth-order valence-electron chi connectivity index (χ4n) is 5.75. The van der Waals surface area contributed by atoms with Gasteiger partial charge in [0.2, 0.25) is 11.8 Å². The van der Waals surface area contributed by atoms with Gasteiger partial charge in [0, 0.05) is 13.1 Å². The van der Waals surface area contributed by atoms with E-state index in [1.165, 1.54) is 4.90 Å². The second-order valence-corrected chi connectivity index (χ2v) is 14.0. The molecular weight excluding hydrogens is 600 g/mol. The molecule has 0 saturated carbocycles. The van der Waals surface area contributed by atoms with Gasteiger partial charge in [-0.25, -0.2) is 14.6 Å². The van der Waals surface area contributed by atoms with Gasteiger partial charge in [0.15, 0.2) is 0 Å². The van der Waals surface area contributed by atoms with Crippen molar-refractivity contribution in [2.24, 2.45) is 4.99 Å². The maximum Gasteiger partial charge on any atom is 0.410 e. The number of ether oxygens (including phenoxy) is 3. The zero-order valence-corrected chi connectivity index (χ0v) is 28.5. The van der Waals surface area contributed by atoms with E-state index in [0.29, 0.717) is 32.0 Å². The van der Waals surface area contributed by atoms with E-state index in [1.807, 2.05) is 69.3 Å². The lowest BCUT2D eigenvalue weighted by Gasteiger charge is -2.29. The second-order valence-electron chi connectivity index (χ2n) is 14.0. The summed E-state index contributed by atoms with van der Waals surface area (Å²) in [7, 11) is 0. The molecule has 2 fully saturated rings. The molecule has 5 rings (SSSR count). The van der Waals surface area contributed by atoms with Gasteiger partial charge < -0.3 is 24.6 Å². The average molecular weight is 651 g/mol. The van der Waals surface area contributed by atoms with Crippen LogP contribution in [-0.4, -0.2) is 88.5 Å². The minimum Gasteiger partial charge on any atom is -0.477 e. The SMILES string of the molecule is CC(C)(C)OC(=O)N1CCC[C@H]1C(=O)N[C@@H](CO)c1ccccc1.CC(C)(C)OC(=O)N1CCC[C@H]1C1=N[C@H](c2ccccc2)CO1. The Kier molecular flexibility index (Phi) is 11.9. The summed E-state index contributed by atoms with van der Waals surface area (Å²) in [5.41, 5.74) is 0.882. The molecule has 0 spiro atoms. The second kappa shape index (κ2) is 15.6. The monoisotopic (exact) mass is 650 g/mol. The van der Waals surface area contributed by atoms with Gasteiger partial charge in [-0.2, -0.15) is 0 Å². The normalized spacial score (nSPS) is 21.6. The van der Waals surface area contributed by atoms with Gasteiger partial charge in [0.1, 0.15) is 35.9 Å². The van der Waals surface area contributed by atoms with Crippen molar-refractivity contribution in [2.45, 2.75) is 103 Å². The van der Waals surface area contributed by atoms with Crippen molar-refractivity contribution in [3.63, 3.8) is 0 Å². The maximum atomic E-state index is 12.6. The van der Waals surface area contributed by atoms with E-state index in [4.69, 9.17) is 19.2 Å². The standard InChI is InChI=1S/C18H26N2O4.C18H24N2O3/c1-18(2,3)24-17(23)20-11-7-10-15(20)16(22)19-14(12-21)13-8-5-4-6-9-13;1-18(2,3)23-17(21)20-11-7-10-15(20)16-19-14(12-22-16)13-8-5-4-6-9-13/h4-6,8-9,14-15,21H,7,10-12H2,1-3H3,(H,19,22);4-6,8-9,14-15H,7,10-12H2,1-3H3/t2*14-,15-/m00/s1. The van der Waals surface area contributed by atoms with Crippen molar-refractivity contribution < 1.29 is 33.7 Å². The number of benzene rings is 2. The van der Waals surface area contributed by atoms with E-state index in [1.54, 1.807) is 25.7 Å². The van der Waals surface area contributed by atoms with E-state index in [9.17, 15) is 19.5 Å². The topological polar surface area (TPSA) is 130 Å². The van der Waals surface area contributed by atoms with Crippen LogP contribution < -0.4 is 5.32 Å². The Morgan fingerprint density at radius 1 is 0.872 bits per heavy atom. The van der Waals surface area contributed by atoms with Gasteiger partial charge in [-0.3, -0.25) is 14.6 Å². The van der Waals surface area contributed by atoms with Crippen LogP contribution in [0.4, 0.5) is 9.59 Å². The molecule has 4 atom stereocenters. The molecule has 47 heavy (non-hydrogen) atoms. The van der Waals surface area contributed by atoms with E-state index in [-0.39, 0.29) is 30.7 Å². The quantitative estimate of drug-likeness (QED) is 0.405. The number of nitrogens with zero attached hydrogens (tertiary/aromatic N) is 3. The first-order valence-electron chi connectivity index (χ1n) is 16.5. The molecule has 2 N–H and O–H groups in total. The van der Waals surface area contributed by atoms with Gasteiger partial charge in [0.05, 0.1) is 12.6 Å². The highest BCUT2D eigenvalue weighted by Crippen LogP contribution is 2.29. The van der Waals surface area contributed by atoms with Gasteiger partial charge in [0.25, 0.3) is 0 Å². The third-order valence-electron chi connectivity index (χ3n) is 7.91. The highest BCUT2D eigenvalue weighted by Gasteiger charge is 2.39. The van der Waals surface area contributed by atoms with Crippen molar-refractivity contribution in [2.75, 3.05) is 26.3 Å². The van der Waals surface area contributed by atoms with Crippen molar-refractivity contribution in [3.05, 3.63) is 71.8 Å². The summed E-state index contributed by atoms with van der Waals surface area (Å²) in [5, 5.41) is 12.4. The predicted molar refractivity (Wildman–Crippen MR) is 179 cm³/mol. The van der Waals surface area contributed by atoms with E-state index in [2.05, 4.69) is 17.4 Å². The first-order chi connectivity index (χ1) is 22.3. The molecule has 0 radical (unpaired) electrons. The van der Waals surface area contributed by atoms with Crippen LogP contribution >= 0.6 is 0 Å². The molecule has 3 aliphatic heterocycles. The number of amides is 3. The number of nitrogens with one attached hydrogen (secondary N) is 1. The Morgan fingerprint density at radius 3 is 2.02 bits per heavy atom. The van der Waals surface area contributed by atoms with Crippen LogP contribution in [0.25, 0.3) is 0 Å². The van der Waals surface area contributed by atoms with Crippen LogP contribution in [0.15, 0.2) is 65.7 Å². The lowest BCUT2D eigenvalue weighted by Crippen LogP contribution is -2.48. The molecule has 11 heteroatoms. The van der Waals surface area contributed by atoms with Crippen LogP contribution in [0.5, 0.6) is 0 Å². The minimum absolute atomic E-state index is 0.0206. The molecule has 3 heterocycles. The number of rotatable bonds is 6. The van der Waals surface area contributed by atoms with Crippen molar-refractivity contribution in [1.29, 1.82) is 0 Å². The lowest BCUT2D eigenvalue weighted by atomic mass is 10.1. The number of aliphatic hydroxyl groups excluding tert-OH is 1. The molecule has 0 unspecified atom stereocenters. The largest absolute Gasteiger partial charge is 0.477 e. The number of hydrogen-bond acceptors (Lipinski definition) is 8. The molecule has 11 nitrogen and oxygen atoms in total. The Hall–Kier alpha value is -4.12. The number of hydrogen-bond donors (Lipinski definition) is 2. The molecule has 3 amide bonds. The Bertz CT molecular complexity index is 1370. The third kappa shape index (κ3) is 10.2. The molecule has 2 aromatic rings. The number of aliphatic imine (C=N–C) groups is 1. The van der Waals surface area contributed by atoms with E-state index in [0.717, 1.165) is 30.4 Å². The number of aliphatic hydroxyl groups is 1. The van der Waals surface area contributed by atoms with Gasteiger partial charge in [-0.1, -0.05) is 60.7 Å². The smallest absolute Gasteiger partial charge is 0.410 e. The van der Waals surface area contributed by atoms with Gasteiger partial charge >= 0.3 is 12.2 Å². The van der Waals surface area contributed by atoms with E-state index >= 15 is 0 Å². The molecular formula is C36H50N4O7. The van der Waals surface area contributed by atoms with E-state index < -0.39 is 29.4 Å². The van der Waals surface area contributed by atoms with Crippen LogP contribution in [0.3, 0.4) is 0 Å². The summed E-state index contributed by atoms with van der Waals surface area (Å²) in [6, 6.07) is 18.3. The van der Waals surface area contributed by atoms with Crippen LogP contribution in [0.2, 0.25) is 0 Å². The molecule has 2 saturated heterocycles. The summed E-state index contributed by atoms with van der Waals surface area (Å²) in [5.74, 6) is 0.406. The molecule has 2 aromatic carbocycles. The zero-order chi connectivity index (χ0) is 34.2. The van der Waals surface area contributed by atoms with Gasteiger partial charge in [-0.15, -0.1) is 0 Å². The predicted octanol–water partition coefficient (Wildman–Crippen LogP) is 5.79. The molecule has 256 valence electrons. The Labute approximate surface area is 278 Å². The molecule has 3 aliphatic rings. The van der Waals surface area contributed by atoms with Crippen LogP contribution in [0, 0.1) is 0 Å². The fraction of sp³-hybridized carbons (Fsp3) is 0.556. The summed E-state index contributed by atoms with van der Waals surface area (Å²) in [6.07, 6.45) is 2.42. The summed E-state index contributed by atoms with van der Waals surface area (Å²) < 4.78 is 16.7. The average Bonchev–Trinajstić information content (AvgIpc) is 3.80. The number of likely N-dealkylation sites (tertiary alicyclic amines) is 2. The Balaban J connectivity index is 0.000000213. The molecule has 0 bridgehead atoms. The first kappa shape index (κ1) is 35.7. The van der Waals surface area contributed by atoms with Crippen LogP contribution in [0.1, 0.15) is 90.4 Å². The van der Waals surface area contributed by atoms with Crippen molar-refractivity contribution in [3.8, 4) is 0 Å². The molecule has 0 aromatic heterocycles. The first-order valence-corrected chi connectivity index (χ1v) is 16.5. The zero-order valence-electron chi connectivity index (χ0n) is 28.5. The number of carbonyl (C=O) groups is 3. The van der Waals surface area contributed by atoms with Crippen LogP contribution in [-0.2, 0) is 19.0 Å². The Morgan fingerprint density at radius 2 is 1.43 bits per heavy atom. The summed E-state index contributed by atoms with van der Waals surface area (Å²) in [6.45, 7) is 12.6. The molecule has 0 aliphatic carbocycles. The summed E-state index contributed by atoms with van der Waals surface area (Å²) >= 11 is 0. The highest BCUT2D eigenvalue weighted by atomic mass is 16.6. The van der Waals surface area contributed by atoms with Gasteiger partial charge in [-0.05, 0) is 78.4 Å². The highest BCUT2D eigenvalue weighted by molar-refractivity contribution is 5.88. The maximum absolute atomic E-state index is 12.6. The number of carbonyl (C=O) groups excluding carboxylic acids is 3. The summed E-state index contributed by atoms with van der Waals surface area (Å²) in [4.78, 5) is 45.2. The fourth-order valence-corrected chi connectivity index (χ4v) is 5.75.